The van der Waals surface area contributed by atoms with E-state index in [1.165, 1.54) is 12.1 Å². The van der Waals surface area contributed by atoms with Crippen LogP contribution in [0, 0.1) is 13.8 Å². The van der Waals surface area contributed by atoms with Gasteiger partial charge in [-0.1, -0.05) is 59.7 Å². The van der Waals surface area contributed by atoms with Crippen molar-refractivity contribution in [2.45, 2.75) is 13.8 Å². The van der Waals surface area contributed by atoms with E-state index >= 15 is 0 Å². The van der Waals surface area contributed by atoms with Crippen LogP contribution in [0.1, 0.15) is 31.8 Å². The largest absolute Gasteiger partial charge is 2.00 e. The molecule has 0 saturated heterocycles. The van der Waals surface area contributed by atoms with Gasteiger partial charge in [0.15, 0.2) is 0 Å². The van der Waals surface area contributed by atoms with Crippen molar-refractivity contribution >= 4 is 57.4 Å². The first-order valence-corrected chi connectivity index (χ1v) is 5.96. The zero-order valence-electron chi connectivity index (χ0n) is 12.0. The van der Waals surface area contributed by atoms with Crippen LogP contribution in [0.5, 0.6) is 0 Å². The molecule has 0 aliphatic carbocycles. The minimum absolute atomic E-state index is 0. The molecule has 0 fully saturated rings. The molecule has 0 aliphatic rings. The molecule has 21 heavy (non-hydrogen) atoms. The zero-order valence-corrected chi connectivity index (χ0v) is 15.4. The van der Waals surface area contributed by atoms with E-state index in [1.807, 2.05) is 26.0 Å². The minimum Gasteiger partial charge on any atom is -0.545 e. The molecule has 0 atom stereocenters. The van der Waals surface area contributed by atoms with E-state index in [0.29, 0.717) is 0 Å². The molecule has 104 valence electrons. The van der Waals surface area contributed by atoms with Crippen LogP contribution in [-0.2, 0) is 0 Å². The van der Waals surface area contributed by atoms with E-state index in [1.54, 1.807) is 24.3 Å². The minimum atomic E-state index is -1.12. The van der Waals surface area contributed by atoms with Gasteiger partial charge in [0, 0.05) is 0 Å². The fraction of sp³-hybridized carbons (Fsp3) is 0.125. The third-order valence-corrected chi connectivity index (χ3v) is 2.51. The van der Waals surface area contributed by atoms with Gasteiger partial charge in [-0.2, -0.15) is 0 Å². The Morgan fingerprint density at radius 2 is 1.10 bits per heavy atom. The van der Waals surface area contributed by atoms with Gasteiger partial charge in [0.25, 0.3) is 0 Å². The summed E-state index contributed by atoms with van der Waals surface area (Å²) in [6.45, 7) is 3.68. The predicted octanol–water partition coefficient (Wildman–Crippen LogP) is 0.336. The second-order valence-electron chi connectivity index (χ2n) is 4.31. The number of aryl methyl sites for hydroxylation is 2. The maximum atomic E-state index is 10.2. The van der Waals surface area contributed by atoms with Gasteiger partial charge in [0.05, 0.1) is 11.9 Å². The van der Waals surface area contributed by atoms with Crippen LogP contribution in [0.4, 0.5) is 0 Å². The first-order valence-electron chi connectivity index (χ1n) is 5.96. The summed E-state index contributed by atoms with van der Waals surface area (Å²) >= 11 is 0. The van der Waals surface area contributed by atoms with Gasteiger partial charge in [-0.3, -0.25) is 0 Å². The van der Waals surface area contributed by atoms with Crippen LogP contribution >= 0.6 is 0 Å². The molecule has 5 heteroatoms. The summed E-state index contributed by atoms with van der Waals surface area (Å²) in [6, 6.07) is 13.3. The third-order valence-electron chi connectivity index (χ3n) is 2.51. The van der Waals surface area contributed by atoms with Crippen molar-refractivity contribution in [3.63, 3.8) is 0 Å². The molecule has 0 bridgehead atoms. The Morgan fingerprint density at radius 1 is 0.762 bits per heavy atom. The number of aromatic carboxylic acids is 2. The maximum absolute atomic E-state index is 10.2. The van der Waals surface area contributed by atoms with Crippen LogP contribution in [0.25, 0.3) is 0 Å². The molecule has 0 heterocycles. The Hall–Kier alpha value is -1.14. The van der Waals surface area contributed by atoms with Gasteiger partial charge < -0.3 is 19.8 Å². The van der Waals surface area contributed by atoms with Crippen LogP contribution in [-0.4, -0.2) is 57.4 Å². The second-order valence-corrected chi connectivity index (χ2v) is 4.31. The van der Waals surface area contributed by atoms with Gasteiger partial charge in [-0.15, -0.1) is 0 Å². The summed E-state index contributed by atoms with van der Waals surface area (Å²) in [5, 5.41) is 20.5. The van der Waals surface area contributed by atoms with Crippen LogP contribution in [0.15, 0.2) is 48.5 Å². The summed E-state index contributed by atoms with van der Waals surface area (Å²) in [5.74, 6) is -2.24. The molecule has 2 aromatic rings. The van der Waals surface area contributed by atoms with E-state index in [4.69, 9.17) is 0 Å². The summed E-state index contributed by atoms with van der Waals surface area (Å²) in [5.41, 5.74) is 2.34. The van der Waals surface area contributed by atoms with Crippen molar-refractivity contribution in [2.24, 2.45) is 0 Å². The summed E-state index contributed by atoms with van der Waals surface area (Å²) in [4.78, 5) is 20.5. The van der Waals surface area contributed by atoms with E-state index in [9.17, 15) is 19.8 Å². The molecular formula is C16H14O4Sr. The van der Waals surface area contributed by atoms with Crippen molar-refractivity contribution in [2.75, 3.05) is 0 Å². The third kappa shape index (κ3) is 7.43. The number of carboxylic acid groups (broad SMARTS) is 2. The molecule has 2 aromatic carbocycles. The smallest absolute Gasteiger partial charge is 0.545 e. The number of carboxylic acids is 2. The average molecular weight is 358 g/mol. The molecule has 2 rings (SSSR count). The Morgan fingerprint density at radius 3 is 1.29 bits per heavy atom. The van der Waals surface area contributed by atoms with Crippen molar-refractivity contribution < 1.29 is 19.8 Å². The molecule has 0 saturated carbocycles. The van der Waals surface area contributed by atoms with E-state index in [0.717, 1.165) is 11.1 Å². The zero-order chi connectivity index (χ0) is 15.1. The molecule has 0 aliphatic heterocycles. The monoisotopic (exact) mass is 358 g/mol. The number of carbonyl (C=O) groups is 2. The van der Waals surface area contributed by atoms with Crippen LogP contribution in [0.2, 0.25) is 0 Å². The Labute approximate surface area is 160 Å². The Balaban J connectivity index is 0.000000364. The standard InChI is InChI=1S/2C8H8O2.Sr/c2*1-6-3-2-4-7(5-6)8(9)10;/h2*2-5H,1H3,(H,9,10);/q;;+2/p-2. The molecular weight excluding hydrogens is 344 g/mol. The first-order chi connectivity index (χ1) is 9.40. The van der Waals surface area contributed by atoms with Gasteiger partial charge in [0.1, 0.15) is 0 Å². The summed E-state index contributed by atoms with van der Waals surface area (Å²) in [6.07, 6.45) is 0. The van der Waals surface area contributed by atoms with Crippen LogP contribution in [0.3, 0.4) is 0 Å². The van der Waals surface area contributed by atoms with Gasteiger partial charge in [-0.05, 0) is 25.0 Å². The number of hydrogen-bond acceptors (Lipinski definition) is 4. The predicted molar refractivity (Wildman–Crippen MR) is 76.8 cm³/mol. The number of benzene rings is 2. The molecule has 0 spiro atoms. The molecule has 0 radical (unpaired) electrons. The topological polar surface area (TPSA) is 80.3 Å². The molecule has 0 aromatic heterocycles. The number of rotatable bonds is 2. The van der Waals surface area contributed by atoms with Crippen LogP contribution < -0.4 is 10.2 Å². The SMILES string of the molecule is Cc1cccc(C(=O)[O-])c1.Cc1cccc(C(=O)[O-])c1.[Sr+2]. The Kier molecular flexibility index (Phi) is 9.21. The fourth-order valence-electron chi connectivity index (χ4n) is 1.54. The van der Waals surface area contributed by atoms with Gasteiger partial charge in [-0.25, -0.2) is 0 Å². The van der Waals surface area contributed by atoms with E-state index in [-0.39, 0.29) is 56.6 Å². The molecule has 0 amide bonds. The summed E-state index contributed by atoms with van der Waals surface area (Å²) in [7, 11) is 0. The van der Waals surface area contributed by atoms with E-state index in [2.05, 4.69) is 0 Å². The number of hydrogen-bond donors (Lipinski definition) is 0. The average Bonchev–Trinajstić information content (AvgIpc) is 2.39. The van der Waals surface area contributed by atoms with E-state index < -0.39 is 11.9 Å². The van der Waals surface area contributed by atoms with Gasteiger partial charge >= 0.3 is 45.5 Å². The molecule has 0 N–H and O–H groups in total. The molecule has 0 unspecified atom stereocenters. The molecule has 4 nitrogen and oxygen atoms in total. The normalized spacial score (nSPS) is 8.86. The number of carbonyl (C=O) groups excluding carboxylic acids is 2. The summed E-state index contributed by atoms with van der Waals surface area (Å²) < 4.78 is 0. The second kappa shape index (κ2) is 9.73. The quantitative estimate of drug-likeness (QED) is 0.726. The van der Waals surface area contributed by atoms with Crippen molar-refractivity contribution in [3.05, 3.63) is 70.8 Å². The van der Waals surface area contributed by atoms with Crippen molar-refractivity contribution in [1.29, 1.82) is 0 Å². The Bertz CT molecular complexity index is 568. The fourth-order valence-corrected chi connectivity index (χ4v) is 1.54. The first kappa shape index (κ1) is 19.9. The van der Waals surface area contributed by atoms with Crippen molar-refractivity contribution in [3.8, 4) is 0 Å². The van der Waals surface area contributed by atoms with Crippen molar-refractivity contribution in [1.82, 2.24) is 0 Å². The van der Waals surface area contributed by atoms with Gasteiger partial charge in [0.2, 0.25) is 0 Å². The maximum Gasteiger partial charge on any atom is 2.00 e.